The van der Waals surface area contributed by atoms with Gasteiger partial charge in [0.05, 0.1) is 32.0 Å². The maximum Gasteiger partial charge on any atom is 0.276 e. The number of fused-ring (bicyclic) bond motifs is 1. The van der Waals surface area contributed by atoms with Gasteiger partial charge in [0.2, 0.25) is 5.69 Å². The van der Waals surface area contributed by atoms with Crippen LogP contribution in [0, 0.1) is 22.4 Å². The summed E-state index contributed by atoms with van der Waals surface area (Å²) < 4.78 is 56.2. The van der Waals surface area contributed by atoms with Gasteiger partial charge in [-0.05, 0) is 17.0 Å². The average molecular weight is 358 g/mol. The Morgan fingerprint density at radius 1 is 1.12 bits per heavy atom. The molecule has 2 atom stereocenters. The van der Waals surface area contributed by atoms with Crippen molar-refractivity contribution in [2.24, 2.45) is 0 Å². The highest BCUT2D eigenvalue weighted by Gasteiger charge is 2.38. The second-order valence-corrected chi connectivity index (χ2v) is 6.04. The SMILES string of the molecule is O=[n+]1o[nH]c(CN2C[C@@H]3OCCO[C@@H]3C2)c1-c1cc(F)c(F)c(F)c1. The first-order valence-corrected chi connectivity index (χ1v) is 7.77. The molecule has 2 aliphatic heterocycles. The van der Waals surface area contributed by atoms with Crippen LogP contribution in [-0.4, -0.2) is 48.6 Å². The first-order chi connectivity index (χ1) is 12.0. The van der Waals surface area contributed by atoms with Crippen molar-refractivity contribution in [1.29, 1.82) is 0 Å². The zero-order valence-corrected chi connectivity index (χ0v) is 13.0. The number of benzene rings is 1. The fourth-order valence-electron chi connectivity index (χ4n) is 3.27. The second kappa shape index (κ2) is 6.28. The van der Waals surface area contributed by atoms with Crippen LogP contribution in [0.2, 0.25) is 0 Å². The Bertz CT molecular complexity index is 816. The van der Waals surface area contributed by atoms with Gasteiger partial charge in [-0.2, -0.15) is 0 Å². The number of nitrogens with one attached hydrogen (secondary N) is 1. The molecule has 3 heterocycles. The van der Waals surface area contributed by atoms with Crippen molar-refractivity contribution in [3.8, 4) is 11.3 Å². The van der Waals surface area contributed by atoms with Gasteiger partial charge in [0.15, 0.2) is 22.1 Å². The van der Waals surface area contributed by atoms with Gasteiger partial charge in [-0.1, -0.05) is 9.79 Å². The third-order valence-electron chi connectivity index (χ3n) is 4.40. The molecule has 134 valence electrons. The Hall–Kier alpha value is -2.17. The summed E-state index contributed by atoms with van der Waals surface area (Å²) in [6, 6.07) is 1.51. The lowest BCUT2D eigenvalue weighted by molar-refractivity contribution is -0.704. The third kappa shape index (κ3) is 2.96. The predicted molar refractivity (Wildman–Crippen MR) is 76.5 cm³/mol. The zero-order valence-electron chi connectivity index (χ0n) is 13.0. The summed E-state index contributed by atoms with van der Waals surface area (Å²) in [5.74, 6) is -4.35. The average Bonchev–Trinajstić information content (AvgIpc) is 3.15. The Morgan fingerprint density at radius 3 is 2.32 bits per heavy atom. The van der Waals surface area contributed by atoms with E-state index in [1.54, 1.807) is 0 Å². The van der Waals surface area contributed by atoms with Gasteiger partial charge < -0.3 is 9.47 Å². The van der Waals surface area contributed by atoms with E-state index in [0.29, 0.717) is 32.0 Å². The van der Waals surface area contributed by atoms with Gasteiger partial charge in [0.25, 0.3) is 5.69 Å². The number of likely N-dealkylation sites (tertiary alicyclic amines) is 1. The van der Waals surface area contributed by atoms with Crippen LogP contribution in [0.3, 0.4) is 0 Å². The number of aromatic amines is 1. The minimum Gasteiger partial charge on any atom is -0.372 e. The van der Waals surface area contributed by atoms with E-state index >= 15 is 0 Å². The summed E-state index contributed by atoms with van der Waals surface area (Å²) in [4.78, 5) is 13.9. The molecule has 1 aromatic heterocycles. The summed E-state index contributed by atoms with van der Waals surface area (Å²) in [7, 11) is 0. The standard InChI is InChI=1S/C15H15F3N3O4/c16-9-3-8(4-10(17)14(9)18)15-11(19-25-21(15)22)5-20-6-12-13(7-20)24-2-1-23-12/h3-4,12-13,19H,1-2,5-7H2/q+1/t12-,13+. The van der Waals surface area contributed by atoms with Crippen LogP contribution in [0.4, 0.5) is 13.2 Å². The van der Waals surface area contributed by atoms with Crippen LogP contribution < -0.4 is 4.60 Å². The monoisotopic (exact) mass is 358 g/mol. The summed E-state index contributed by atoms with van der Waals surface area (Å²) >= 11 is 0. The fraction of sp³-hybridized carbons (Fsp3) is 0.467. The highest BCUT2D eigenvalue weighted by molar-refractivity contribution is 5.58. The quantitative estimate of drug-likeness (QED) is 0.835. The lowest BCUT2D eigenvalue weighted by atomic mass is 10.1. The van der Waals surface area contributed by atoms with Crippen molar-refractivity contribution < 1.29 is 31.9 Å². The molecule has 0 aliphatic carbocycles. The molecule has 4 rings (SSSR count). The largest absolute Gasteiger partial charge is 0.372 e. The maximum absolute atomic E-state index is 13.5. The van der Waals surface area contributed by atoms with Crippen LogP contribution in [0.5, 0.6) is 0 Å². The Morgan fingerprint density at radius 2 is 1.72 bits per heavy atom. The number of H-pyrrole nitrogens is 1. The first kappa shape index (κ1) is 16.3. The fourth-order valence-corrected chi connectivity index (χ4v) is 3.27. The summed E-state index contributed by atoms with van der Waals surface area (Å²) in [5, 5.41) is 2.45. The van der Waals surface area contributed by atoms with Crippen LogP contribution >= 0.6 is 0 Å². The Labute approximate surface area is 139 Å². The van der Waals surface area contributed by atoms with E-state index in [9.17, 15) is 18.1 Å². The number of aromatic nitrogens is 2. The summed E-state index contributed by atoms with van der Waals surface area (Å²) in [6.07, 6.45) is -0.103. The molecule has 1 aromatic carbocycles. The topological polar surface area (TPSA) is 73.6 Å². The normalized spacial score (nSPS) is 23.8. The van der Waals surface area contributed by atoms with Gasteiger partial charge in [-0.15, -0.1) is 0 Å². The van der Waals surface area contributed by atoms with Crippen molar-refractivity contribution in [3.63, 3.8) is 0 Å². The molecule has 0 bridgehead atoms. The van der Waals surface area contributed by atoms with E-state index in [1.165, 1.54) is 0 Å². The van der Waals surface area contributed by atoms with E-state index < -0.39 is 17.5 Å². The van der Waals surface area contributed by atoms with Gasteiger partial charge in [0, 0.05) is 18.7 Å². The smallest absolute Gasteiger partial charge is 0.276 e. The van der Waals surface area contributed by atoms with E-state index in [1.807, 2.05) is 4.90 Å². The van der Waals surface area contributed by atoms with E-state index in [4.69, 9.17) is 14.1 Å². The molecular formula is C15H15F3N3O4+. The summed E-state index contributed by atoms with van der Waals surface area (Å²) in [5.41, 5.74) is 0.101. The van der Waals surface area contributed by atoms with E-state index in [-0.39, 0.29) is 34.6 Å². The van der Waals surface area contributed by atoms with Crippen LogP contribution in [0.15, 0.2) is 16.8 Å². The molecule has 10 heteroatoms. The van der Waals surface area contributed by atoms with Gasteiger partial charge in [-0.25, -0.2) is 13.2 Å². The summed E-state index contributed by atoms with van der Waals surface area (Å²) in [6.45, 7) is 2.51. The molecule has 0 unspecified atom stereocenters. The number of hydrogen-bond donors (Lipinski definition) is 1. The van der Waals surface area contributed by atoms with Crippen LogP contribution in [0.25, 0.3) is 11.3 Å². The molecule has 0 spiro atoms. The number of nitrogens with zero attached hydrogens (tertiary/aromatic N) is 2. The predicted octanol–water partition coefficient (Wildman–Crippen LogP) is 1.21. The van der Waals surface area contributed by atoms with Crippen molar-refractivity contribution in [1.82, 2.24) is 10.1 Å². The highest BCUT2D eigenvalue weighted by Crippen LogP contribution is 2.26. The first-order valence-electron chi connectivity index (χ1n) is 7.77. The molecule has 0 saturated carbocycles. The highest BCUT2D eigenvalue weighted by atomic mass is 19.2. The van der Waals surface area contributed by atoms with E-state index in [0.717, 1.165) is 12.1 Å². The van der Waals surface area contributed by atoms with E-state index in [2.05, 4.69) is 5.16 Å². The Balaban J connectivity index is 1.61. The van der Waals surface area contributed by atoms with Gasteiger partial charge in [0.1, 0.15) is 0 Å². The molecule has 1 N–H and O–H groups in total. The number of ether oxygens (including phenoxy) is 2. The molecule has 2 saturated heterocycles. The lowest BCUT2D eigenvalue weighted by Crippen LogP contribution is -2.36. The second-order valence-electron chi connectivity index (χ2n) is 6.04. The van der Waals surface area contributed by atoms with Crippen molar-refractivity contribution in [3.05, 3.63) is 40.2 Å². The molecule has 2 aromatic rings. The lowest BCUT2D eigenvalue weighted by Gasteiger charge is -2.24. The minimum atomic E-state index is -1.59. The molecule has 2 aliphatic rings. The Kier molecular flexibility index (Phi) is 4.10. The van der Waals surface area contributed by atoms with Crippen molar-refractivity contribution >= 4 is 0 Å². The molecule has 0 amide bonds. The van der Waals surface area contributed by atoms with Crippen LogP contribution in [-0.2, 0) is 16.0 Å². The molecule has 7 nitrogen and oxygen atoms in total. The number of rotatable bonds is 3. The maximum atomic E-state index is 13.5. The number of halogens is 3. The van der Waals surface area contributed by atoms with Crippen LogP contribution in [0.1, 0.15) is 5.69 Å². The molecular weight excluding hydrogens is 343 g/mol. The van der Waals surface area contributed by atoms with Crippen molar-refractivity contribution in [2.45, 2.75) is 18.8 Å². The molecule has 2 fully saturated rings. The third-order valence-corrected chi connectivity index (χ3v) is 4.40. The number of hydrogen-bond acceptors (Lipinski definition) is 5. The molecule has 25 heavy (non-hydrogen) atoms. The molecule has 0 radical (unpaired) electrons. The van der Waals surface area contributed by atoms with Crippen molar-refractivity contribution in [2.75, 3.05) is 26.3 Å². The zero-order chi connectivity index (χ0) is 17.6. The minimum absolute atomic E-state index is 0.0517. The van der Waals surface area contributed by atoms with Gasteiger partial charge in [-0.3, -0.25) is 4.90 Å². The van der Waals surface area contributed by atoms with Gasteiger partial charge >= 0.3 is 0 Å².